The Morgan fingerprint density at radius 2 is 2.50 bits per heavy atom. The van der Waals surface area contributed by atoms with E-state index in [-0.39, 0.29) is 11.5 Å². The molecule has 1 atom stereocenters. The van der Waals surface area contributed by atoms with Crippen LogP contribution in [0.5, 0.6) is 0 Å². The van der Waals surface area contributed by atoms with Crippen molar-refractivity contribution in [3.05, 3.63) is 0 Å². The molecule has 1 aliphatic rings. The molecule has 0 spiro atoms. The molecule has 0 aliphatic carbocycles. The van der Waals surface area contributed by atoms with Crippen LogP contribution >= 0.6 is 11.8 Å². The molecule has 0 amide bonds. The highest BCUT2D eigenvalue weighted by atomic mass is 32.2. The predicted octanol–water partition coefficient (Wildman–Crippen LogP) is 0.414. The summed E-state index contributed by atoms with van der Waals surface area (Å²) in [6, 6.07) is 0. The first-order chi connectivity index (χ1) is 3.83. The molecule has 1 aliphatic heterocycles. The van der Waals surface area contributed by atoms with Crippen LogP contribution in [0.15, 0.2) is 15.2 Å². The van der Waals surface area contributed by atoms with Crippen LogP contribution in [0.4, 0.5) is 0 Å². The Morgan fingerprint density at radius 3 is 2.75 bits per heavy atom. The van der Waals surface area contributed by atoms with Crippen molar-refractivity contribution < 1.29 is 0 Å². The Labute approximate surface area is 51.3 Å². The topological polar surface area (TPSA) is 63.1 Å². The van der Waals surface area contributed by atoms with Crippen molar-refractivity contribution in [3.8, 4) is 0 Å². The number of aliphatic imine (C=N–C) groups is 1. The zero-order chi connectivity index (χ0) is 5.98. The fourth-order valence-electron chi connectivity index (χ4n) is 0.373. The molecule has 1 heterocycles. The molecule has 0 fully saturated rings. The summed E-state index contributed by atoms with van der Waals surface area (Å²) >= 11 is 1.51. The van der Waals surface area contributed by atoms with Crippen LogP contribution in [0.3, 0.4) is 0 Å². The van der Waals surface area contributed by atoms with Gasteiger partial charge in [0.15, 0.2) is 0 Å². The van der Waals surface area contributed by atoms with Gasteiger partial charge >= 0.3 is 0 Å². The third-order valence-electron chi connectivity index (χ3n) is 0.713. The summed E-state index contributed by atoms with van der Waals surface area (Å²) in [7, 11) is 0. The molecule has 5 heteroatoms. The second kappa shape index (κ2) is 2.13. The van der Waals surface area contributed by atoms with Gasteiger partial charge < -0.3 is 5.73 Å². The minimum Gasteiger partial charge on any atom is -0.367 e. The van der Waals surface area contributed by atoms with Gasteiger partial charge in [0.05, 0.1) is 0 Å². The predicted molar refractivity (Wildman–Crippen MR) is 33.8 cm³/mol. The lowest BCUT2D eigenvalue weighted by molar-refractivity contribution is 0.976. The van der Waals surface area contributed by atoms with Gasteiger partial charge in [-0.3, -0.25) is 0 Å². The van der Waals surface area contributed by atoms with Crippen molar-refractivity contribution in [2.45, 2.75) is 5.50 Å². The molecular formula is C3H6N4S. The van der Waals surface area contributed by atoms with Crippen molar-refractivity contribution in [3.63, 3.8) is 0 Å². The SMILES string of the molecule is CS[C@H]1N=NC(N)=N1. The zero-order valence-electron chi connectivity index (χ0n) is 4.40. The van der Waals surface area contributed by atoms with Gasteiger partial charge in [-0.25, -0.2) is 4.99 Å². The van der Waals surface area contributed by atoms with E-state index in [2.05, 4.69) is 15.2 Å². The summed E-state index contributed by atoms with van der Waals surface area (Å²) in [6.45, 7) is 0. The van der Waals surface area contributed by atoms with Gasteiger partial charge in [-0.1, -0.05) is 0 Å². The van der Waals surface area contributed by atoms with E-state index in [0.29, 0.717) is 0 Å². The summed E-state index contributed by atoms with van der Waals surface area (Å²) in [6.07, 6.45) is 1.91. The number of nitrogens with zero attached hydrogens (tertiary/aromatic N) is 3. The van der Waals surface area contributed by atoms with Gasteiger partial charge in [0.2, 0.25) is 11.5 Å². The molecule has 0 bridgehead atoms. The molecule has 8 heavy (non-hydrogen) atoms. The maximum Gasteiger partial charge on any atom is 0.238 e. The second-order valence-corrected chi connectivity index (χ2v) is 2.16. The van der Waals surface area contributed by atoms with Crippen molar-refractivity contribution in [2.24, 2.45) is 21.0 Å². The Kier molecular flexibility index (Phi) is 1.48. The summed E-state index contributed by atoms with van der Waals surface area (Å²) in [4.78, 5) is 3.83. The maximum atomic E-state index is 5.18. The normalized spacial score (nSPS) is 26.1. The maximum absolute atomic E-state index is 5.18. The number of azo groups is 1. The number of rotatable bonds is 1. The molecule has 0 radical (unpaired) electrons. The van der Waals surface area contributed by atoms with E-state index in [1.54, 1.807) is 0 Å². The van der Waals surface area contributed by atoms with Crippen LogP contribution in [0.1, 0.15) is 0 Å². The standard InChI is InChI=1S/C3H6N4S/c1-8-3-5-2(4)6-7-3/h3H,1H3,(H2,4,5)/t3-/m1/s1. The van der Waals surface area contributed by atoms with E-state index in [4.69, 9.17) is 5.73 Å². The van der Waals surface area contributed by atoms with Gasteiger partial charge in [-0.2, -0.15) is 0 Å². The van der Waals surface area contributed by atoms with Gasteiger partial charge in [0.1, 0.15) is 0 Å². The first kappa shape index (κ1) is 5.55. The molecular weight excluding hydrogens is 124 g/mol. The van der Waals surface area contributed by atoms with E-state index >= 15 is 0 Å². The van der Waals surface area contributed by atoms with Crippen LogP contribution in [0.25, 0.3) is 0 Å². The van der Waals surface area contributed by atoms with Crippen molar-refractivity contribution in [1.29, 1.82) is 0 Å². The average molecular weight is 130 g/mol. The van der Waals surface area contributed by atoms with Gasteiger partial charge in [0, 0.05) is 0 Å². The summed E-state index contributed by atoms with van der Waals surface area (Å²) < 4.78 is 0. The fourth-order valence-corrected chi connectivity index (χ4v) is 0.728. The molecule has 0 aromatic heterocycles. The van der Waals surface area contributed by atoms with Gasteiger partial charge in [-0.15, -0.1) is 22.0 Å². The second-order valence-electron chi connectivity index (χ2n) is 1.26. The highest BCUT2D eigenvalue weighted by molar-refractivity contribution is 7.99. The molecule has 0 aromatic carbocycles. The molecule has 0 aromatic rings. The largest absolute Gasteiger partial charge is 0.367 e. The fraction of sp³-hybridized carbons (Fsp3) is 0.667. The molecule has 44 valence electrons. The van der Waals surface area contributed by atoms with E-state index in [9.17, 15) is 0 Å². The molecule has 1 rings (SSSR count). The Balaban J connectivity index is 2.55. The van der Waals surface area contributed by atoms with Gasteiger partial charge in [-0.05, 0) is 6.26 Å². The number of hydrogen-bond acceptors (Lipinski definition) is 5. The quantitative estimate of drug-likeness (QED) is 0.559. The number of nitrogens with two attached hydrogens (primary N) is 1. The first-order valence-corrected chi connectivity index (χ1v) is 3.38. The highest BCUT2D eigenvalue weighted by Gasteiger charge is 2.07. The summed E-state index contributed by atoms with van der Waals surface area (Å²) in [5, 5.41) is 7.21. The number of guanidine groups is 1. The van der Waals surface area contributed by atoms with Crippen molar-refractivity contribution >= 4 is 17.7 Å². The van der Waals surface area contributed by atoms with Crippen LogP contribution in [0.2, 0.25) is 0 Å². The smallest absolute Gasteiger partial charge is 0.238 e. The lowest BCUT2D eigenvalue weighted by atomic mass is 11.0. The third-order valence-corrected chi connectivity index (χ3v) is 1.33. The van der Waals surface area contributed by atoms with E-state index in [0.717, 1.165) is 0 Å². The zero-order valence-corrected chi connectivity index (χ0v) is 5.22. The lowest BCUT2D eigenvalue weighted by Crippen LogP contribution is -2.04. The monoisotopic (exact) mass is 130 g/mol. The first-order valence-electron chi connectivity index (χ1n) is 2.10. The Hall–Kier alpha value is -0.580. The summed E-state index contributed by atoms with van der Waals surface area (Å²) in [5.41, 5.74) is 5.09. The highest BCUT2D eigenvalue weighted by Crippen LogP contribution is 2.13. The molecule has 0 saturated heterocycles. The minimum atomic E-state index is -0.0880. The Morgan fingerprint density at radius 1 is 1.75 bits per heavy atom. The minimum absolute atomic E-state index is 0.0880. The van der Waals surface area contributed by atoms with Crippen LogP contribution in [0, 0.1) is 0 Å². The lowest BCUT2D eigenvalue weighted by Gasteiger charge is -1.90. The molecule has 4 nitrogen and oxygen atoms in total. The molecule has 0 unspecified atom stereocenters. The van der Waals surface area contributed by atoms with Crippen LogP contribution in [-0.2, 0) is 0 Å². The Bertz CT molecular complexity index is 140. The van der Waals surface area contributed by atoms with E-state index in [1.165, 1.54) is 11.8 Å². The number of thioether (sulfide) groups is 1. The van der Waals surface area contributed by atoms with Gasteiger partial charge in [0.25, 0.3) is 0 Å². The van der Waals surface area contributed by atoms with Crippen LogP contribution < -0.4 is 5.73 Å². The average Bonchev–Trinajstić information content (AvgIpc) is 2.14. The van der Waals surface area contributed by atoms with Crippen molar-refractivity contribution in [1.82, 2.24) is 0 Å². The van der Waals surface area contributed by atoms with E-state index in [1.807, 2.05) is 6.26 Å². The number of hydrogen-bond donors (Lipinski definition) is 1. The van der Waals surface area contributed by atoms with Crippen molar-refractivity contribution in [2.75, 3.05) is 6.26 Å². The van der Waals surface area contributed by atoms with E-state index < -0.39 is 0 Å². The molecule has 2 N–H and O–H groups in total. The van der Waals surface area contributed by atoms with Crippen LogP contribution in [-0.4, -0.2) is 17.7 Å². The summed E-state index contributed by atoms with van der Waals surface area (Å²) in [5.74, 6) is 0.282. The third kappa shape index (κ3) is 0.975. The molecule has 0 saturated carbocycles.